The van der Waals surface area contributed by atoms with E-state index in [2.05, 4.69) is 26.2 Å². The first-order valence-electron chi connectivity index (χ1n) is 7.10. The molecule has 1 heterocycles. The Morgan fingerprint density at radius 3 is 2.72 bits per heavy atom. The van der Waals surface area contributed by atoms with Crippen LogP contribution in [-0.2, 0) is 4.79 Å². The maximum absolute atomic E-state index is 12.1. The molecule has 3 N–H and O–H groups in total. The summed E-state index contributed by atoms with van der Waals surface area (Å²) in [6.07, 6.45) is 1.61. The van der Waals surface area contributed by atoms with Crippen molar-refractivity contribution in [2.45, 2.75) is 6.92 Å². The monoisotopic (exact) mass is 438 g/mol. The number of amidine groups is 1. The Hall–Kier alpha value is -1.96. The molecule has 0 saturated carbocycles. The van der Waals surface area contributed by atoms with Crippen molar-refractivity contribution < 1.29 is 15.0 Å². The molecule has 5 nitrogen and oxygen atoms in total. The molecule has 0 spiro atoms. The molecule has 1 aliphatic rings. The first kappa shape index (κ1) is 17.8. The van der Waals surface area contributed by atoms with Gasteiger partial charge in [0.15, 0.2) is 16.7 Å². The maximum atomic E-state index is 12.1. The van der Waals surface area contributed by atoms with Gasteiger partial charge < -0.3 is 15.5 Å². The fourth-order valence-corrected chi connectivity index (χ4v) is 3.57. The van der Waals surface area contributed by atoms with E-state index in [0.29, 0.717) is 30.8 Å². The lowest BCUT2D eigenvalue weighted by Crippen LogP contribution is -2.19. The van der Waals surface area contributed by atoms with Gasteiger partial charge in [-0.15, -0.1) is 0 Å². The van der Waals surface area contributed by atoms with Gasteiger partial charge in [-0.1, -0.05) is 17.7 Å². The number of halogens is 2. The van der Waals surface area contributed by atoms with Gasteiger partial charge in [-0.05, 0) is 76.1 Å². The molecule has 0 bridgehead atoms. The lowest BCUT2D eigenvalue weighted by atomic mass is 10.2. The van der Waals surface area contributed by atoms with Gasteiger partial charge in [0, 0.05) is 5.02 Å². The number of aryl methyl sites for hydroxylation is 1. The van der Waals surface area contributed by atoms with Crippen LogP contribution in [0.25, 0.3) is 6.08 Å². The van der Waals surface area contributed by atoms with E-state index in [-0.39, 0.29) is 17.4 Å². The second-order valence-corrected chi connectivity index (χ2v) is 7.58. The quantitative estimate of drug-likeness (QED) is 0.467. The van der Waals surface area contributed by atoms with Crippen LogP contribution >= 0.6 is 39.3 Å². The summed E-state index contributed by atoms with van der Waals surface area (Å²) in [5.74, 6) is -0.803. The number of hydrogen-bond acceptors (Lipinski definition) is 5. The summed E-state index contributed by atoms with van der Waals surface area (Å²) in [5, 5.41) is 23.0. The highest BCUT2D eigenvalue weighted by atomic mass is 79.9. The SMILES string of the molecule is Cc1ccc(N=C2NC(=O)/C(=C/c3cc(O)c(O)c(Br)c3)S2)cc1Cl. The number of benzene rings is 2. The van der Waals surface area contributed by atoms with Gasteiger partial charge >= 0.3 is 0 Å². The molecule has 0 aromatic heterocycles. The van der Waals surface area contributed by atoms with E-state index in [1.807, 2.05) is 19.1 Å². The highest BCUT2D eigenvalue weighted by molar-refractivity contribution is 9.10. The van der Waals surface area contributed by atoms with E-state index < -0.39 is 0 Å². The zero-order valence-electron chi connectivity index (χ0n) is 12.9. The van der Waals surface area contributed by atoms with Crippen LogP contribution in [0.15, 0.2) is 44.7 Å². The third-order valence-corrected chi connectivity index (χ3v) is 5.32. The Morgan fingerprint density at radius 2 is 2.04 bits per heavy atom. The van der Waals surface area contributed by atoms with Crippen LogP contribution in [0.3, 0.4) is 0 Å². The predicted octanol–water partition coefficient (Wildman–Crippen LogP) is 4.71. The molecule has 1 fully saturated rings. The number of phenolic OH excluding ortho intramolecular Hbond substituents is 2. The Kier molecular flexibility index (Phi) is 5.08. The van der Waals surface area contributed by atoms with Crippen molar-refractivity contribution >= 4 is 62.1 Å². The van der Waals surface area contributed by atoms with Gasteiger partial charge in [0.2, 0.25) is 0 Å². The molecule has 128 valence electrons. The standard InChI is InChI=1S/C17H12BrClN2O3S/c1-8-2-3-10(7-12(8)19)20-17-21-16(24)14(25-17)6-9-4-11(18)15(23)13(22)5-9/h2-7,22-23H,1H3,(H,20,21,24)/b14-6-. The zero-order chi connectivity index (χ0) is 18.1. The first-order chi connectivity index (χ1) is 11.8. The molecule has 1 amide bonds. The number of thioether (sulfide) groups is 1. The van der Waals surface area contributed by atoms with Crippen molar-refractivity contribution in [2.75, 3.05) is 0 Å². The van der Waals surface area contributed by atoms with E-state index in [4.69, 9.17) is 11.6 Å². The molecule has 0 atom stereocenters. The zero-order valence-corrected chi connectivity index (χ0v) is 16.0. The average molecular weight is 440 g/mol. The fraction of sp³-hybridized carbons (Fsp3) is 0.0588. The predicted molar refractivity (Wildman–Crippen MR) is 104 cm³/mol. The maximum Gasteiger partial charge on any atom is 0.264 e. The smallest absolute Gasteiger partial charge is 0.264 e. The van der Waals surface area contributed by atoms with Gasteiger partial charge in [-0.3, -0.25) is 4.79 Å². The number of carbonyl (C=O) groups is 1. The summed E-state index contributed by atoms with van der Waals surface area (Å²) in [6, 6.07) is 8.38. The molecule has 3 rings (SSSR count). The largest absolute Gasteiger partial charge is 0.504 e. The second-order valence-electron chi connectivity index (χ2n) is 5.29. The van der Waals surface area contributed by atoms with Gasteiger partial charge in [-0.25, -0.2) is 4.99 Å². The molecule has 2 aromatic rings. The topological polar surface area (TPSA) is 81.9 Å². The van der Waals surface area contributed by atoms with Gasteiger partial charge in [0.05, 0.1) is 15.1 Å². The summed E-state index contributed by atoms with van der Waals surface area (Å²) < 4.78 is 0.339. The molecule has 0 unspecified atom stereocenters. The van der Waals surface area contributed by atoms with Crippen molar-refractivity contribution in [3.8, 4) is 11.5 Å². The number of nitrogens with one attached hydrogen (secondary N) is 1. The minimum Gasteiger partial charge on any atom is -0.504 e. The van der Waals surface area contributed by atoms with E-state index in [1.165, 1.54) is 17.8 Å². The van der Waals surface area contributed by atoms with Crippen LogP contribution in [0, 0.1) is 6.92 Å². The minimum atomic E-state index is -0.286. The number of rotatable bonds is 2. The number of hydrogen-bond donors (Lipinski definition) is 3. The number of aromatic hydroxyl groups is 2. The van der Waals surface area contributed by atoms with Gasteiger partial charge in [-0.2, -0.15) is 0 Å². The van der Waals surface area contributed by atoms with E-state index in [1.54, 1.807) is 18.2 Å². The first-order valence-corrected chi connectivity index (χ1v) is 9.09. The van der Waals surface area contributed by atoms with Gasteiger partial charge in [0.1, 0.15) is 0 Å². The second kappa shape index (κ2) is 7.11. The minimum absolute atomic E-state index is 0.246. The average Bonchev–Trinajstić information content (AvgIpc) is 2.88. The fourth-order valence-electron chi connectivity index (χ4n) is 2.09. The molecule has 25 heavy (non-hydrogen) atoms. The van der Waals surface area contributed by atoms with Crippen molar-refractivity contribution in [2.24, 2.45) is 4.99 Å². The summed E-state index contributed by atoms with van der Waals surface area (Å²) in [6.45, 7) is 1.90. The molecular formula is C17H12BrClN2O3S. The summed E-state index contributed by atoms with van der Waals surface area (Å²) >= 11 is 10.4. The summed E-state index contributed by atoms with van der Waals surface area (Å²) in [4.78, 5) is 16.9. The summed E-state index contributed by atoms with van der Waals surface area (Å²) in [7, 11) is 0. The molecular weight excluding hydrogens is 428 g/mol. The normalized spacial score (nSPS) is 17.3. The van der Waals surface area contributed by atoms with E-state index >= 15 is 0 Å². The number of nitrogens with zero attached hydrogens (tertiary/aromatic N) is 1. The molecule has 8 heteroatoms. The molecule has 1 aliphatic heterocycles. The number of carbonyl (C=O) groups excluding carboxylic acids is 1. The molecule has 1 saturated heterocycles. The van der Waals surface area contributed by atoms with Crippen molar-refractivity contribution in [3.63, 3.8) is 0 Å². The summed E-state index contributed by atoms with van der Waals surface area (Å²) in [5.41, 5.74) is 2.16. The Labute approximate surface area is 161 Å². The van der Waals surface area contributed by atoms with Crippen LogP contribution in [0.5, 0.6) is 11.5 Å². The third kappa shape index (κ3) is 4.00. The van der Waals surface area contributed by atoms with Crippen LogP contribution in [0.1, 0.15) is 11.1 Å². The Balaban J connectivity index is 1.87. The Bertz CT molecular complexity index is 920. The lowest BCUT2D eigenvalue weighted by molar-refractivity contribution is -0.115. The van der Waals surface area contributed by atoms with Crippen molar-refractivity contribution in [1.82, 2.24) is 5.32 Å². The van der Waals surface area contributed by atoms with Crippen LogP contribution < -0.4 is 5.32 Å². The molecule has 0 aliphatic carbocycles. The number of amides is 1. The van der Waals surface area contributed by atoms with Crippen molar-refractivity contribution in [3.05, 3.63) is 55.9 Å². The highest BCUT2D eigenvalue weighted by Crippen LogP contribution is 2.36. The third-order valence-electron chi connectivity index (χ3n) is 3.40. The van der Waals surface area contributed by atoms with Crippen LogP contribution in [0.4, 0.5) is 5.69 Å². The lowest BCUT2D eigenvalue weighted by Gasteiger charge is -2.02. The molecule has 2 aromatic carbocycles. The van der Waals surface area contributed by atoms with Crippen molar-refractivity contribution in [1.29, 1.82) is 0 Å². The Morgan fingerprint density at radius 1 is 1.28 bits per heavy atom. The molecule has 0 radical (unpaired) electrons. The number of phenols is 2. The highest BCUT2D eigenvalue weighted by Gasteiger charge is 2.24. The van der Waals surface area contributed by atoms with Crippen LogP contribution in [0.2, 0.25) is 5.02 Å². The van der Waals surface area contributed by atoms with Gasteiger partial charge in [0.25, 0.3) is 5.91 Å². The van der Waals surface area contributed by atoms with E-state index in [0.717, 1.165) is 5.56 Å². The van der Waals surface area contributed by atoms with E-state index in [9.17, 15) is 15.0 Å². The van der Waals surface area contributed by atoms with Crippen LogP contribution in [-0.4, -0.2) is 21.3 Å². The number of aliphatic imine (C=N–C) groups is 1.